The summed E-state index contributed by atoms with van der Waals surface area (Å²) in [6.45, 7) is 0. The van der Waals surface area contributed by atoms with Gasteiger partial charge in [0.15, 0.2) is 0 Å². The Bertz CT molecular complexity index is 1400. The number of rotatable bonds is 5. The molecule has 5 rings (SSSR count). The number of nitrogens with zero attached hydrogens (tertiary/aromatic N) is 4. The quantitative estimate of drug-likeness (QED) is 0.458. The third kappa shape index (κ3) is 4.50. The fraction of sp³-hybridized carbons (Fsp3) is 0.200. The molecule has 0 radical (unpaired) electrons. The summed E-state index contributed by atoms with van der Waals surface area (Å²) in [5.41, 5.74) is 4.52. The van der Waals surface area contributed by atoms with E-state index < -0.39 is 11.6 Å². The van der Waals surface area contributed by atoms with Crippen molar-refractivity contribution in [1.29, 1.82) is 0 Å². The molecular formula is C25H21F2N5O2. The fourth-order valence-corrected chi connectivity index (χ4v) is 4.14. The van der Waals surface area contributed by atoms with Crippen molar-refractivity contribution in [1.82, 2.24) is 25.1 Å². The van der Waals surface area contributed by atoms with Crippen LogP contribution in [-0.4, -0.2) is 38.8 Å². The summed E-state index contributed by atoms with van der Waals surface area (Å²) >= 11 is 0. The summed E-state index contributed by atoms with van der Waals surface area (Å²) in [5, 5.41) is 7.71. The smallest absolute Gasteiger partial charge is 0.244 e. The van der Waals surface area contributed by atoms with Crippen LogP contribution in [0.25, 0.3) is 22.8 Å². The first-order valence-corrected chi connectivity index (χ1v) is 10.8. The number of aromatic nitrogens is 4. The summed E-state index contributed by atoms with van der Waals surface area (Å²) in [6, 6.07) is 8.53. The molecule has 0 spiro atoms. The number of nitrogens with one attached hydrogen (secondary N) is 1. The van der Waals surface area contributed by atoms with Crippen LogP contribution in [0.1, 0.15) is 23.2 Å². The number of methoxy groups -OCH3 is 1. The molecule has 1 atom stereocenters. The van der Waals surface area contributed by atoms with Crippen LogP contribution in [0.4, 0.5) is 8.78 Å². The summed E-state index contributed by atoms with van der Waals surface area (Å²) in [5.74, 6) is -1.20. The Balaban J connectivity index is 1.31. The van der Waals surface area contributed by atoms with Gasteiger partial charge < -0.3 is 10.1 Å². The van der Waals surface area contributed by atoms with Crippen molar-refractivity contribution >= 4 is 23.0 Å². The molecule has 3 aromatic heterocycles. The normalized spacial score (nSPS) is 15.4. The molecule has 1 N–H and O–H groups in total. The van der Waals surface area contributed by atoms with Gasteiger partial charge in [0, 0.05) is 36.6 Å². The van der Waals surface area contributed by atoms with E-state index in [9.17, 15) is 13.6 Å². The van der Waals surface area contributed by atoms with Crippen LogP contribution in [-0.2, 0) is 17.6 Å². The van der Waals surface area contributed by atoms with E-state index in [1.807, 2.05) is 18.3 Å². The highest BCUT2D eigenvalue weighted by molar-refractivity contribution is 5.92. The number of hydrogen-bond acceptors (Lipinski definition) is 5. The molecule has 1 aliphatic rings. The van der Waals surface area contributed by atoms with Gasteiger partial charge in [-0.05, 0) is 60.7 Å². The molecule has 0 saturated carbocycles. The first kappa shape index (κ1) is 21.7. The molecule has 0 saturated heterocycles. The van der Waals surface area contributed by atoms with Crippen molar-refractivity contribution in [2.45, 2.75) is 25.3 Å². The van der Waals surface area contributed by atoms with Crippen LogP contribution in [0.2, 0.25) is 0 Å². The summed E-state index contributed by atoms with van der Waals surface area (Å²) < 4.78 is 33.7. The third-order valence-electron chi connectivity index (χ3n) is 5.72. The largest absolute Gasteiger partial charge is 0.481 e. The van der Waals surface area contributed by atoms with Crippen LogP contribution < -0.4 is 10.1 Å². The van der Waals surface area contributed by atoms with Crippen LogP contribution >= 0.6 is 0 Å². The monoisotopic (exact) mass is 461 g/mol. The number of benzene rings is 1. The average Bonchev–Trinajstić information content (AvgIpc) is 3.24. The molecule has 7 nitrogen and oxygen atoms in total. The Hall–Kier alpha value is -4.14. The lowest BCUT2D eigenvalue weighted by Crippen LogP contribution is -2.37. The predicted molar refractivity (Wildman–Crippen MR) is 123 cm³/mol. The Morgan fingerprint density at radius 2 is 2.03 bits per heavy atom. The number of aryl methyl sites for hydroxylation is 1. The number of ether oxygens (including phenoxy) is 1. The highest BCUT2D eigenvalue weighted by atomic mass is 19.1. The Morgan fingerprint density at radius 3 is 2.82 bits per heavy atom. The molecule has 0 aliphatic heterocycles. The van der Waals surface area contributed by atoms with E-state index in [1.165, 1.54) is 24.3 Å². The highest BCUT2D eigenvalue weighted by Gasteiger charge is 2.23. The lowest BCUT2D eigenvalue weighted by molar-refractivity contribution is -0.117. The second-order valence-corrected chi connectivity index (χ2v) is 8.08. The number of fused-ring (bicyclic) bond motifs is 2. The maximum atomic E-state index is 13.3. The van der Waals surface area contributed by atoms with E-state index >= 15 is 0 Å². The number of amides is 1. The van der Waals surface area contributed by atoms with Crippen LogP contribution in [0.15, 0.2) is 54.9 Å². The van der Waals surface area contributed by atoms with E-state index in [0.29, 0.717) is 24.2 Å². The van der Waals surface area contributed by atoms with E-state index in [1.54, 1.807) is 24.1 Å². The lowest BCUT2D eigenvalue weighted by atomic mass is 9.93. The maximum absolute atomic E-state index is 13.3. The van der Waals surface area contributed by atoms with Gasteiger partial charge in [0.1, 0.15) is 17.2 Å². The van der Waals surface area contributed by atoms with Gasteiger partial charge in [-0.1, -0.05) is 0 Å². The van der Waals surface area contributed by atoms with Gasteiger partial charge in [0.05, 0.1) is 24.0 Å². The van der Waals surface area contributed by atoms with Crippen molar-refractivity contribution in [3.63, 3.8) is 0 Å². The fourth-order valence-electron chi connectivity index (χ4n) is 4.14. The standard InChI is InChI=1S/C25H21F2N5O2/c1-34-24-7-5-21-25(30-24)22(8-9-28-21)32-14-16-12-19(3-4-20(16)31-32)29-23(33)6-2-15-10-17(26)13-18(27)11-15/h2,5-11,13-14,19H,3-4,12H2,1H3,(H,29,33)/b6-2+. The minimum atomic E-state index is -0.688. The van der Waals surface area contributed by atoms with E-state index in [2.05, 4.69) is 15.3 Å². The van der Waals surface area contributed by atoms with Crippen LogP contribution in [0, 0.1) is 11.6 Å². The predicted octanol–water partition coefficient (Wildman–Crippen LogP) is 3.79. The van der Waals surface area contributed by atoms with Crippen LogP contribution in [0.3, 0.4) is 0 Å². The summed E-state index contributed by atoms with van der Waals surface area (Å²) in [6.07, 6.45) is 8.43. The number of hydrogen-bond donors (Lipinski definition) is 1. The zero-order valence-electron chi connectivity index (χ0n) is 18.3. The first-order chi connectivity index (χ1) is 16.5. The van der Waals surface area contributed by atoms with Gasteiger partial charge in [-0.25, -0.2) is 18.4 Å². The summed E-state index contributed by atoms with van der Waals surface area (Å²) in [7, 11) is 1.57. The topological polar surface area (TPSA) is 81.9 Å². The maximum Gasteiger partial charge on any atom is 0.244 e. The minimum Gasteiger partial charge on any atom is -0.481 e. The van der Waals surface area contributed by atoms with Crippen molar-refractivity contribution in [3.8, 4) is 11.6 Å². The molecule has 1 amide bonds. The lowest BCUT2D eigenvalue weighted by Gasteiger charge is -2.21. The average molecular weight is 461 g/mol. The molecule has 34 heavy (non-hydrogen) atoms. The highest BCUT2D eigenvalue weighted by Crippen LogP contribution is 2.25. The molecule has 3 heterocycles. The van der Waals surface area contributed by atoms with Gasteiger partial charge in [0.2, 0.25) is 11.8 Å². The van der Waals surface area contributed by atoms with E-state index in [4.69, 9.17) is 9.84 Å². The molecule has 0 bridgehead atoms. The van der Waals surface area contributed by atoms with Gasteiger partial charge >= 0.3 is 0 Å². The third-order valence-corrected chi connectivity index (χ3v) is 5.72. The molecule has 1 aliphatic carbocycles. The number of carbonyl (C=O) groups is 1. The molecule has 1 aromatic carbocycles. The second-order valence-electron chi connectivity index (χ2n) is 8.08. The van der Waals surface area contributed by atoms with Gasteiger partial charge in [-0.3, -0.25) is 9.78 Å². The Labute approximate surface area is 194 Å². The Kier molecular flexibility index (Phi) is 5.75. The molecular weight excluding hydrogens is 440 g/mol. The van der Waals surface area contributed by atoms with E-state index in [0.717, 1.165) is 34.9 Å². The number of carbonyl (C=O) groups excluding carboxylic acids is 1. The van der Waals surface area contributed by atoms with Gasteiger partial charge in [0.25, 0.3) is 0 Å². The zero-order valence-corrected chi connectivity index (χ0v) is 18.3. The van der Waals surface area contributed by atoms with E-state index in [-0.39, 0.29) is 17.5 Å². The van der Waals surface area contributed by atoms with Gasteiger partial charge in [-0.15, -0.1) is 0 Å². The second kappa shape index (κ2) is 9.01. The molecule has 1 unspecified atom stereocenters. The molecule has 4 aromatic rings. The molecule has 0 fully saturated rings. The number of pyridine rings is 2. The zero-order chi connectivity index (χ0) is 23.7. The van der Waals surface area contributed by atoms with Crippen molar-refractivity contribution < 1.29 is 18.3 Å². The summed E-state index contributed by atoms with van der Waals surface area (Å²) in [4.78, 5) is 21.3. The number of halogens is 2. The molecule has 172 valence electrons. The minimum absolute atomic E-state index is 0.0704. The van der Waals surface area contributed by atoms with Crippen molar-refractivity contribution in [2.75, 3.05) is 7.11 Å². The van der Waals surface area contributed by atoms with Crippen LogP contribution in [0.5, 0.6) is 5.88 Å². The van der Waals surface area contributed by atoms with Gasteiger partial charge in [-0.2, -0.15) is 5.10 Å². The Morgan fingerprint density at radius 1 is 1.21 bits per heavy atom. The van der Waals surface area contributed by atoms with Crippen molar-refractivity contribution in [2.24, 2.45) is 0 Å². The first-order valence-electron chi connectivity index (χ1n) is 10.8. The SMILES string of the molecule is COc1ccc2nccc(-n3cc4c(n3)CCC(NC(=O)/C=C/c3cc(F)cc(F)c3)C4)c2n1. The van der Waals surface area contributed by atoms with Crippen molar-refractivity contribution in [3.05, 3.63) is 83.3 Å². The molecule has 9 heteroatoms.